The molecule has 0 N–H and O–H groups in total. The van der Waals surface area contributed by atoms with Gasteiger partial charge in [-0.05, 0) is 18.9 Å². The summed E-state index contributed by atoms with van der Waals surface area (Å²) in [6, 6.07) is 2.06. The second-order valence-electron chi connectivity index (χ2n) is 2.77. The Labute approximate surface area is 101 Å². The van der Waals surface area contributed by atoms with Crippen LogP contribution in [0.2, 0.25) is 0 Å². The maximum Gasteiger partial charge on any atom is 0.0621 e. The molecular weight excluding hydrogens is 200 g/mol. The predicted octanol–water partition coefficient (Wildman–Crippen LogP) is 3.53. The van der Waals surface area contributed by atoms with E-state index in [1.54, 1.807) is 7.11 Å². The molecule has 1 aromatic heterocycles. The van der Waals surface area contributed by atoms with Gasteiger partial charge in [-0.1, -0.05) is 34.6 Å². The molecule has 0 unspecified atom stereocenters. The summed E-state index contributed by atoms with van der Waals surface area (Å²) < 4.78 is 6.93. The van der Waals surface area contributed by atoms with Gasteiger partial charge in [0.1, 0.15) is 0 Å². The molecule has 0 saturated carbocycles. The molecule has 0 radical (unpaired) electrons. The number of hydrogen-bond acceptors (Lipinski definition) is 2. The van der Waals surface area contributed by atoms with Crippen molar-refractivity contribution in [1.82, 2.24) is 9.78 Å². The molecule has 0 atom stereocenters. The lowest BCUT2D eigenvalue weighted by Gasteiger charge is -1.99. The number of methoxy groups -OCH3 is 1. The first-order chi connectivity index (χ1) is 7.86. The fraction of sp³-hybridized carbons (Fsp3) is 0.769. The van der Waals surface area contributed by atoms with Crippen molar-refractivity contribution in [3.8, 4) is 0 Å². The van der Waals surface area contributed by atoms with E-state index in [2.05, 4.69) is 18.1 Å². The highest BCUT2D eigenvalue weighted by atomic mass is 16.5. The van der Waals surface area contributed by atoms with Gasteiger partial charge in [0.05, 0.1) is 5.69 Å². The van der Waals surface area contributed by atoms with Crippen molar-refractivity contribution in [3.63, 3.8) is 0 Å². The van der Waals surface area contributed by atoms with E-state index in [0.29, 0.717) is 0 Å². The molecule has 0 aliphatic heterocycles. The molecule has 0 saturated heterocycles. The van der Waals surface area contributed by atoms with Crippen LogP contribution in [0.15, 0.2) is 12.3 Å². The van der Waals surface area contributed by atoms with E-state index in [1.165, 1.54) is 0 Å². The molecule has 0 aliphatic rings. The van der Waals surface area contributed by atoms with Crippen LogP contribution in [-0.2, 0) is 17.7 Å². The summed E-state index contributed by atoms with van der Waals surface area (Å²) in [6.07, 6.45) is 4.06. The average molecular weight is 228 g/mol. The van der Waals surface area contributed by atoms with Crippen LogP contribution >= 0.6 is 0 Å². The van der Waals surface area contributed by atoms with Crippen LogP contribution in [0.5, 0.6) is 0 Å². The first-order valence-electron chi connectivity index (χ1n) is 6.38. The smallest absolute Gasteiger partial charge is 0.0621 e. The standard InChI is InChI=1S/C9H16N2O.2C2H6/c1-3-9-5-7-11(10-9)6-4-8-12-2;2*1-2/h5,7H,3-4,6,8H2,1-2H3;2*1-2H3. The normalized spacial score (nSPS) is 8.62. The summed E-state index contributed by atoms with van der Waals surface area (Å²) in [6.45, 7) is 11.9. The minimum Gasteiger partial charge on any atom is -0.385 e. The lowest BCUT2D eigenvalue weighted by molar-refractivity contribution is 0.189. The first-order valence-corrected chi connectivity index (χ1v) is 6.38. The Bertz CT molecular complexity index is 221. The van der Waals surface area contributed by atoms with E-state index in [9.17, 15) is 0 Å². The van der Waals surface area contributed by atoms with Crippen molar-refractivity contribution in [2.75, 3.05) is 13.7 Å². The van der Waals surface area contributed by atoms with Gasteiger partial charge in [0.2, 0.25) is 0 Å². The Kier molecular flexibility index (Phi) is 15.6. The molecule has 0 spiro atoms. The Balaban J connectivity index is 0. The second-order valence-corrected chi connectivity index (χ2v) is 2.77. The van der Waals surface area contributed by atoms with Gasteiger partial charge >= 0.3 is 0 Å². The predicted molar refractivity (Wildman–Crippen MR) is 70.8 cm³/mol. The van der Waals surface area contributed by atoms with Gasteiger partial charge in [-0.25, -0.2) is 0 Å². The van der Waals surface area contributed by atoms with E-state index in [0.717, 1.165) is 31.7 Å². The van der Waals surface area contributed by atoms with Crippen LogP contribution < -0.4 is 0 Å². The van der Waals surface area contributed by atoms with Crippen molar-refractivity contribution in [1.29, 1.82) is 0 Å². The van der Waals surface area contributed by atoms with Gasteiger partial charge in [0.15, 0.2) is 0 Å². The van der Waals surface area contributed by atoms with Crippen LogP contribution in [0.25, 0.3) is 0 Å². The number of aryl methyl sites for hydroxylation is 2. The van der Waals surface area contributed by atoms with Crippen molar-refractivity contribution < 1.29 is 4.74 Å². The summed E-state index contributed by atoms with van der Waals surface area (Å²) in [5.74, 6) is 0. The molecule has 3 nitrogen and oxygen atoms in total. The van der Waals surface area contributed by atoms with E-state index in [-0.39, 0.29) is 0 Å². The molecule has 16 heavy (non-hydrogen) atoms. The Morgan fingerprint density at radius 2 is 1.88 bits per heavy atom. The summed E-state index contributed by atoms with van der Waals surface area (Å²) in [7, 11) is 1.72. The van der Waals surface area contributed by atoms with Gasteiger partial charge in [-0.2, -0.15) is 5.10 Å². The molecule has 0 aromatic carbocycles. The zero-order valence-electron chi connectivity index (χ0n) is 11.8. The summed E-state index contributed by atoms with van der Waals surface area (Å²) in [5.41, 5.74) is 1.16. The van der Waals surface area contributed by atoms with Crippen molar-refractivity contribution >= 4 is 0 Å². The van der Waals surface area contributed by atoms with Crippen LogP contribution in [0.1, 0.15) is 46.7 Å². The third kappa shape index (κ3) is 8.48. The fourth-order valence-electron chi connectivity index (χ4n) is 1.09. The highest BCUT2D eigenvalue weighted by Gasteiger charge is 1.95. The molecule has 1 rings (SSSR count). The molecule has 1 aromatic rings. The minimum atomic E-state index is 0.807. The zero-order chi connectivity index (χ0) is 12.8. The van der Waals surface area contributed by atoms with Gasteiger partial charge in [-0.3, -0.25) is 4.68 Å². The number of ether oxygens (including phenoxy) is 1. The second kappa shape index (κ2) is 14.2. The molecule has 1 heterocycles. The third-order valence-electron chi connectivity index (χ3n) is 1.79. The summed E-state index contributed by atoms with van der Waals surface area (Å²) >= 11 is 0. The zero-order valence-corrected chi connectivity index (χ0v) is 11.8. The van der Waals surface area contributed by atoms with E-state index in [4.69, 9.17) is 4.74 Å². The van der Waals surface area contributed by atoms with Crippen molar-refractivity contribution in [3.05, 3.63) is 18.0 Å². The number of nitrogens with zero attached hydrogens (tertiary/aromatic N) is 2. The maximum absolute atomic E-state index is 4.96. The van der Waals surface area contributed by atoms with E-state index >= 15 is 0 Å². The number of rotatable bonds is 5. The Morgan fingerprint density at radius 3 is 2.31 bits per heavy atom. The van der Waals surface area contributed by atoms with Crippen LogP contribution in [0, 0.1) is 0 Å². The SMILES string of the molecule is CC.CC.CCc1ccn(CCCOC)n1. The Morgan fingerprint density at radius 1 is 1.25 bits per heavy atom. The summed E-state index contributed by atoms with van der Waals surface area (Å²) in [4.78, 5) is 0. The average Bonchev–Trinajstić information content (AvgIpc) is 2.83. The topological polar surface area (TPSA) is 27.1 Å². The van der Waals surface area contributed by atoms with Gasteiger partial charge in [-0.15, -0.1) is 0 Å². The molecule has 0 fully saturated rings. The largest absolute Gasteiger partial charge is 0.385 e. The molecular formula is C13H28N2O. The highest BCUT2D eigenvalue weighted by molar-refractivity contribution is 4.97. The quantitative estimate of drug-likeness (QED) is 0.721. The third-order valence-corrected chi connectivity index (χ3v) is 1.79. The van der Waals surface area contributed by atoms with Gasteiger partial charge in [0, 0.05) is 26.5 Å². The van der Waals surface area contributed by atoms with Crippen LogP contribution in [0.4, 0.5) is 0 Å². The van der Waals surface area contributed by atoms with Crippen molar-refractivity contribution in [2.45, 2.75) is 54.0 Å². The Hall–Kier alpha value is -0.830. The number of aromatic nitrogens is 2. The molecule has 3 heteroatoms. The molecule has 0 aliphatic carbocycles. The van der Waals surface area contributed by atoms with Gasteiger partial charge < -0.3 is 4.74 Å². The number of hydrogen-bond donors (Lipinski definition) is 0. The van der Waals surface area contributed by atoms with E-state index in [1.807, 2.05) is 38.6 Å². The molecule has 0 amide bonds. The lowest BCUT2D eigenvalue weighted by Crippen LogP contribution is -2.02. The van der Waals surface area contributed by atoms with E-state index < -0.39 is 0 Å². The molecule has 96 valence electrons. The minimum absolute atomic E-state index is 0.807. The first kappa shape index (κ1) is 17.6. The molecule has 0 bridgehead atoms. The maximum atomic E-state index is 4.96. The van der Waals surface area contributed by atoms with Crippen LogP contribution in [-0.4, -0.2) is 23.5 Å². The van der Waals surface area contributed by atoms with Crippen LogP contribution in [0.3, 0.4) is 0 Å². The van der Waals surface area contributed by atoms with Crippen molar-refractivity contribution in [2.24, 2.45) is 0 Å². The monoisotopic (exact) mass is 228 g/mol. The highest BCUT2D eigenvalue weighted by Crippen LogP contribution is 1.97. The lowest BCUT2D eigenvalue weighted by atomic mass is 10.4. The van der Waals surface area contributed by atoms with Gasteiger partial charge in [0.25, 0.3) is 0 Å². The summed E-state index contributed by atoms with van der Waals surface area (Å²) in [5, 5.41) is 4.36. The fourth-order valence-corrected chi connectivity index (χ4v) is 1.09.